The lowest BCUT2D eigenvalue weighted by atomic mass is 9.97. The summed E-state index contributed by atoms with van der Waals surface area (Å²) in [6.07, 6.45) is 8.93. The molecule has 0 spiro atoms. The number of aromatic hydroxyl groups is 1. The van der Waals surface area contributed by atoms with Crippen molar-refractivity contribution in [3.05, 3.63) is 54.8 Å². The van der Waals surface area contributed by atoms with Crippen molar-refractivity contribution in [2.24, 2.45) is 0 Å². The van der Waals surface area contributed by atoms with Crippen molar-refractivity contribution in [2.45, 2.75) is 85.1 Å². The lowest BCUT2D eigenvalue weighted by Gasteiger charge is -2.16. The molecular formula is C27H34Cl2N2O4. The second kappa shape index (κ2) is 14.2. The molecular weight excluding hydrogens is 487 g/mol. The molecule has 0 amide bonds. The number of nitrogens with zero attached hydrogens (tertiary/aromatic N) is 2. The Hall–Kier alpha value is -2.49. The zero-order chi connectivity index (χ0) is 26.0. The van der Waals surface area contributed by atoms with E-state index in [4.69, 9.17) is 27.9 Å². The van der Waals surface area contributed by atoms with Crippen LogP contribution in [0, 0.1) is 18.3 Å². The number of ether oxygens (including phenoxy) is 1. The van der Waals surface area contributed by atoms with E-state index in [2.05, 4.69) is 13.8 Å². The minimum absolute atomic E-state index is 0.103. The molecule has 2 rings (SSSR count). The summed E-state index contributed by atoms with van der Waals surface area (Å²) in [4.78, 5) is 26.2. The van der Waals surface area contributed by atoms with Gasteiger partial charge in [0.1, 0.15) is 11.6 Å². The average Bonchev–Trinajstić information content (AvgIpc) is 2.82. The third-order valence-electron chi connectivity index (χ3n) is 6.02. The molecule has 2 aromatic rings. The Bertz CT molecular complexity index is 1110. The topological polar surface area (TPSA) is 92.3 Å². The number of nitriles is 1. The number of unbranched alkanes of at least 4 members (excludes halogenated alkanes) is 7. The van der Waals surface area contributed by atoms with Gasteiger partial charge in [-0.2, -0.15) is 5.26 Å². The smallest absolute Gasteiger partial charge is 0.271 e. The second-order valence-electron chi connectivity index (χ2n) is 8.69. The van der Waals surface area contributed by atoms with Gasteiger partial charge in [-0.15, -0.1) is 0 Å². The first-order valence-corrected chi connectivity index (χ1v) is 13.1. The molecule has 1 heterocycles. The quantitative estimate of drug-likeness (QED) is 0.210. The summed E-state index contributed by atoms with van der Waals surface area (Å²) >= 11 is 12.8. The predicted molar refractivity (Wildman–Crippen MR) is 140 cm³/mol. The van der Waals surface area contributed by atoms with E-state index in [1.165, 1.54) is 25.5 Å². The fraction of sp³-hybridized carbons (Fsp3) is 0.519. The summed E-state index contributed by atoms with van der Waals surface area (Å²) in [7, 11) is 0. The highest BCUT2D eigenvalue weighted by Crippen LogP contribution is 2.36. The van der Waals surface area contributed by atoms with E-state index in [-0.39, 0.29) is 38.8 Å². The highest BCUT2D eigenvalue weighted by atomic mass is 35.5. The average molecular weight is 521 g/mol. The Labute approximate surface area is 217 Å². The maximum Gasteiger partial charge on any atom is 0.271 e. The normalized spacial score (nSPS) is 10.9. The van der Waals surface area contributed by atoms with E-state index in [1.807, 2.05) is 6.07 Å². The van der Waals surface area contributed by atoms with Gasteiger partial charge in [-0.1, -0.05) is 82.0 Å². The van der Waals surface area contributed by atoms with Gasteiger partial charge in [0.2, 0.25) is 5.88 Å². The largest absolute Gasteiger partial charge is 0.494 e. The lowest BCUT2D eigenvalue weighted by Crippen LogP contribution is -2.27. The number of ketones is 1. The monoisotopic (exact) mass is 520 g/mol. The number of aromatic nitrogens is 1. The molecule has 6 nitrogen and oxygen atoms in total. The predicted octanol–water partition coefficient (Wildman–Crippen LogP) is 7.20. The number of halogens is 2. The Balaban J connectivity index is 2.35. The first-order chi connectivity index (χ1) is 16.8. The Morgan fingerprint density at radius 3 is 2.17 bits per heavy atom. The molecule has 0 fully saturated rings. The maximum absolute atomic E-state index is 13.4. The van der Waals surface area contributed by atoms with Crippen molar-refractivity contribution in [1.82, 2.24) is 4.57 Å². The summed E-state index contributed by atoms with van der Waals surface area (Å²) in [5, 5.41) is 20.8. The molecule has 0 aliphatic carbocycles. The number of pyridine rings is 1. The Morgan fingerprint density at radius 2 is 1.60 bits per heavy atom. The van der Waals surface area contributed by atoms with Gasteiger partial charge in [0.05, 0.1) is 22.2 Å². The van der Waals surface area contributed by atoms with Crippen molar-refractivity contribution >= 4 is 29.0 Å². The number of hydrogen-bond acceptors (Lipinski definition) is 5. The van der Waals surface area contributed by atoms with Crippen LogP contribution in [0.1, 0.15) is 98.7 Å². The fourth-order valence-corrected chi connectivity index (χ4v) is 4.58. The molecule has 0 atom stereocenters. The van der Waals surface area contributed by atoms with E-state index in [1.54, 1.807) is 0 Å². The van der Waals surface area contributed by atoms with Crippen molar-refractivity contribution < 1.29 is 14.6 Å². The lowest BCUT2D eigenvalue weighted by molar-refractivity contribution is 0.103. The number of carbonyl (C=O) groups excluding carboxylic acids is 1. The first kappa shape index (κ1) is 28.7. The number of rotatable bonds is 14. The van der Waals surface area contributed by atoms with Crippen LogP contribution in [0.25, 0.3) is 0 Å². The Morgan fingerprint density at radius 1 is 1.03 bits per heavy atom. The van der Waals surface area contributed by atoms with Crippen LogP contribution in [-0.2, 0) is 6.54 Å². The minimum Gasteiger partial charge on any atom is -0.494 e. The SMILES string of the molecule is CCCCCCCOc1c(Cl)cc(C(=O)c2c(C)c(C#N)c(=O)n(CCCCCC)c2O)cc1Cl. The molecule has 0 aliphatic heterocycles. The zero-order valence-electron chi connectivity index (χ0n) is 20.8. The zero-order valence-corrected chi connectivity index (χ0v) is 22.3. The molecule has 0 bridgehead atoms. The van der Waals surface area contributed by atoms with Crippen LogP contribution in [-0.4, -0.2) is 22.1 Å². The second-order valence-corrected chi connectivity index (χ2v) is 9.50. The Kier molecular flexibility index (Phi) is 11.6. The van der Waals surface area contributed by atoms with Crippen LogP contribution in [0.3, 0.4) is 0 Å². The molecule has 0 unspecified atom stereocenters. The van der Waals surface area contributed by atoms with Crippen LogP contribution in [0.4, 0.5) is 0 Å². The number of hydrogen-bond donors (Lipinski definition) is 1. The van der Waals surface area contributed by atoms with Crippen LogP contribution >= 0.6 is 23.2 Å². The van der Waals surface area contributed by atoms with Crippen molar-refractivity contribution in [3.63, 3.8) is 0 Å². The first-order valence-electron chi connectivity index (χ1n) is 12.3. The number of carbonyl (C=O) groups is 1. The summed E-state index contributed by atoms with van der Waals surface area (Å²) in [5.74, 6) is -0.721. The van der Waals surface area contributed by atoms with Gasteiger partial charge in [0.25, 0.3) is 5.56 Å². The van der Waals surface area contributed by atoms with Gasteiger partial charge in [-0.05, 0) is 37.5 Å². The molecule has 1 aromatic carbocycles. The van der Waals surface area contributed by atoms with Crippen LogP contribution in [0.2, 0.25) is 10.0 Å². The van der Waals surface area contributed by atoms with Crippen LogP contribution in [0.5, 0.6) is 11.6 Å². The molecule has 1 aromatic heterocycles. The van der Waals surface area contributed by atoms with Crippen LogP contribution < -0.4 is 10.3 Å². The molecule has 8 heteroatoms. The summed E-state index contributed by atoms with van der Waals surface area (Å²) in [6, 6.07) is 4.75. The molecule has 35 heavy (non-hydrogen) atoms. The fourth-order valence-electron chi connectivity index (χ4n) is 3.98. The highest BCUT2D eigenvalue weighted by Gasteiger charge is 2.26. The molecule has 0 saturated carbocycles. The van der Waals surface area contributed by atoms with Crippen molar-refractivity contribution in [1.29, 1.82) is 5.26 Å². The third-order valence-corrected chi connectivity index (χ3v) is 6.58. The minimum atomic E-state index is -0.603. The van der Waals surface area contributed by atoms with Gasteiger partial charge >= 0.3 is 0 Å². The van der Waals surface area contributed by atoms with Gasteiger partial charge in [-0.3, -0.25) is 14.2 Å². The molecule has 0 aliphatic rings. The van der Waals surface area contributed by atoms with E-state index in [0.29, 0.717) is 18.8 Å². The van der Waals surface area contributed by atoms with Gasteiger partial charge in [-0.25, -0.2) is 0 Å². The van der Waals surface area contributed by atoms with Gasteiger partial charge in [0.15, 0.2) is 11.5 Å². The van der Waals surface area contributed by atoms with Crippen molar-refractivity contribution in [3.8, 4) is 17.7 Å². The van der Waals surface area contributed by atoms with E-state index < -0.39 is 17.2 Å². The summed E-state index contributed by atoms with van der Waals surface area (Å²) in [6.45, 7) is 6.38. The maximum atomic E-state index is 13.4. The van der Waals surface area contributed by atoms with Gasteiger partial charge in [0, 0.05) is 12.1 Å². The van der Waals surface area contributed by atoms with E-state index >= 15 is 0 Å². The summed E-state index contributed by atoms with van der Waals surface area (Å²) < 4.78 is 6.86. The number of benzene rings is 1. The van der Waals surface area contributed by atoms with Crippen molar-refractivity contribution in [2.75, 3.05) is 6.61 Å². The van der Waals surface area contributed by atoms with E-state index in [0.717, 1.165) is 49.5 Å². The molecule has 0 radical (unpaired) electrons. The standard InChI is InChI=1S/C27H34Cl2N2O4/c1-4-6-8-10-12-14-35-25-21(28)15-19(16-22(25)29)24(32)23-18(3)20(17-30)26(33)31(27(23)34)13-11-9-7-5-2/h15-16,34H,4-14H2,1-3H3. The van der Waals surface area contributed by atoms with Gasteiger partial charge < -0.3 is 9.84 Å². The third kappa shape index (κ3) is 7.25. The molecule has 0 saturated heterocycles. The summed E-state index contributed by atoms with van der Waals surface area (Å²) in [5.41, 5.74) is -0.609. The van der Waals surface area contributed by atoms with Crippen LogP contribution in [0.15, 0.2) is 16.9 Å². The molecule has 1 N–H and O–H groups in total. The molecule has 190 valence electrons. The highest BCUT2D eigenvalue weighted by molar-refractivity contribution is 6.38. The van der Waals surface area contributed by atoms with E-state index in [9.17, 15) is 20.0 Å².